The fraction of sp³-hybridized carbons (Fsp3) is 0.300. The Balaban J connectivity index is 0.000000423. The molecule has 0 saturated carbocycles. The third-order valence-corrected chi connectivity index (χ3v) is 1.23. The van der Waals surface area contributed by atoms with Gasteiger partial charge in [-0.05, 0) is 12.1 Å². The maximum atomic E-state index is 10.0. The maximum absolute atomic E-state index is 10.0. The highest BCUT2D eigenvalue weighted by Gasteiger charge is 1.96. The molecule has 0 aliphatic rings. The number of carboxylic acid groups (broad SMARTS) is 1. The molecule has 15 heavy (non-hydrogen) atoms. The molecule has 0 amide bonds. The van der Waals surface area contributed by atoms with E-state index in [-0.39, 0.29) is 13.2 Å². The summed E-state index contributed by atoms with van der Waals surface area (Å²) in [6, 6.07) is 8.84. The predicted octanol–water partition coefficient (Wildman–Crippen LogP) is 0.0874. The van der Waals surface area contributed by atoms with Crippen LogP contribution in [-0.2, 0) is 4.79 Å². The van der Waals surface area contributed by atoms with E-state index < -0.39 is 5.97 Å². The molecule has 0 unspecified atom stereocenters. The van der Waals surface area contributed by atoms with Crippen molar-refractivity contribution < 1.29 is 19.7 Å². The van der Waals surface area contributed by atoms with Gasteiger partial charge >= 0.3 is 5.97 Å². The third-order valence-electron chi connectivity index (χ3n) is 1.23. The Bertz CT molecular complexity index is 261. The second-order valence-corrected chi connectivity index (χ2v) is 2.51. The first-order chi connectivity index (χ1) is 7.20. The quantitative estimate of drug-likeness (QED) is 0.659. The van der Waals surface area contributed by atoms with Crippen LogP contribution in [0.1, 0.15) is 0 Å². The Morgan fingerprint density at radius 2 is 1.87 bits per heavy atom. The van der Waals surface area contributed by atoms with Crippen molar-refractivity contribution in [3.05, 3.63) is 30.3 Å². The molecule has 0 spiro atoms. The van der Waals surface area contributed by atoms with E-state index in [0.29, 0.717) is 12.3 Å². The van der Waals surface area contributed by atoms with Crippen molar-refractivity contribution in [3.8, 4) is 5.75 Å². The van der Waals surface area contributed by atoms with E-state index in [2.05, 4.69) is 0 Å². The molecule has 0 aliphatic carbocycles. The Hall–Kier alpha value is -1.59. The average Bonchev–Trinajstić information content (AvgIpc) is 2.28. The Kier molecular flexibility index (Phi) is 8.03. The number of ether oxygens (including phenoxy) is 1. The number of hydrogen-bond donors (Lipinski definition) is 3. The minimum atomic E-state index is -0.964. The van der Waals surface area contributed by atoms with E-state index in [4.69, 9.17) is 20.7 Å². The van der Waals surface area contributed by atoms with Crippen molar-refractivity contribution in [3.63, 3.8) is 0 Å². The van der Waals surface area contributed by atoms with Gasteiger partial charge in [0.15, 0.2) is 6.61 Å². The number of benzene rings is 1. The first-order valence-electron chi connectivity index (χ1n) is 4.41. The van der Waals surface area contributed by atoms with Gasteiger partial charge in [-0.25, -0.2) is 4.79 Å². The van der Waals surface area contributed by atoms with Crippen LogP contribution in [0.25, 0.3) is 0 Å². The molecule has 0 aliphatic heterocycles. The van der Waals surface area contributed by atoms with E-state index in [1.165, 1.54) is 0 Å². The lowest BCUT2D eigenvalue weighted by Crippen LogP contribution is -2.09. The zero-order chi connectivity index (χ0) is 11.5. The molecule has 84 valence electrons. The van der Waals surface area contributed by atoms with Crippen molar-refractivity contribution >= 4 is 5.97 Å². The topological polar surface area (TPSA) is 92.8 Å². The highest BCUT2D eigenvalue weighted by Crippen LogP contribution is 2.07. The number of aliphatic hydroxyl groups is 1. The number of carbonyl (C=O) groups is 1. The van der Waals surface area contributed by atoms with Gasteiger partial charge in [0.05, 0.1) is 6.61 Å². The van der Waals surface area contributed by atoms with Crippen LogP contribution in [0.15, 0.2) is 30.3 Å². The van der Waals surface area contributed by atoms with Gasteiger partial charge in [0, 0.05) is 6.54 Å². The third kappa shape index (κ3) is 8.73. The van der Waals surface area contributed by atoms with Crippen LogP contribution in [0.2, 0.25) is 0 Å². The molecular formula is C10H15NO4. The molecular weight excluding hydrogens is 198 g/mol. The summed E-state index contributed by atoms with van der Waals surface area (Å²) < 4.78 is 4.87. The molecule has 0 fully saturated rings. The van der Waals surface area contributed by atoms with Crippen LogP contribution in [0, 0.1) is 0 Å². The highest BCUT2D eigenvalue weighted by atomic mass is 16.5. The maximum Gasteiger partial charge on any atom is 0.341 e. The lowest BCUT2D eigenvalue weighted by molar-refractivity contribution is -0.139. The lowest BCUT2D eigenvalue weighted by Gasteiger charge is -2.00. The largest absolute Gasteiger partial charge is 0.482 e. The first-order valence-corrected chi connectivity index (χ1v) is 4.41. The standard InChI is InChI=1S/C8H8O3.C2H7NO/c9-8(10)6-11-7-4-2-1-3-5-7;3-1-2-4/h1-5H,6H2,(H,9,10);4H,1-3H2. The Labute approximate surface area is 88.1 Å². The van der Waals surface area contributed by atoms with Gasteiger partial charge in [0.25, 0.3) is 0 Å². The molecule has 0 bridgehead atoms. The predicted molar refractivity (Wildman–Crippen MR) is 55.7 cm³/mol. The molecule has 4 N–H and O–H groups in total. The molecule has 1 rings (SSSR count). The fourth-order valence-electron chi connectivity index (χ4n) is 0.662. The number of carboxylic acids is 1. The van der Waals surface area contributed by atoms with Gasteiger partial charge in [0.1, 0.15) is 5.75 Å². The van der Waals surface area contributed by atoms with Gasteiger partial charge in [-0.3, -0.25) is 0 Å². The normalized spacial score (nSPS) is 8.67. The van der Waals surface area contributed by atoms with Crippen LogP contribution >= 0.6 is 0 Å². The van der Waals surface area contributed by atoms with Crippen LogP contribution < -0.4 is 10.5 Å². The van der Waals surface area contributed by atoms with E-state index >= 15 is 0 Å². The summed E-state index contributed by atoms with van der Waals surface area (Å²) >= 11 is 0. The smallest absolute Gasteiger partial charge is 0.341 e. The molecule has 5 nitrogen and oxygen atoms in total. The van der Waals surface area contributed by atoms with E-state index in [1.807, 2.05) is 6.07 Å². The highest BCUT2D eigenvalue weighted by molar-refractivity contribution is 5.68. The molecule has 1 aromatic rings. The molecule has 0 aromatic heterocycles. The minimum Gasteiger partial charge on any atom is -0.482 e. The number of aliphatic hydroxyl groups excluding tert-OH is 1. The molecule has 5 heteroatoms. The molecule has 0 atom stereocenters. The number of nitrogens with two attached hydrogens (primary N) is 1. The number of aliphatic carboxylic acids is 1. The summed E-state index contributed by atoms with van der Waals surface area (Å²) in [5, 5.41) is 16.0. The van der Waals surface area contributed by atoms with Crippen LogP contribution in [0.5, 0.6) is 5.75 Å². The molecule has 1 aromatic carbocycles. The number of para-hydroxylation sites is 1. The van der Waals surface area contributed by atoms with Gasteiger partial charge in [0.2, 0.25) is 0 Å². The van der Waals surface area contributed by atoms with Crippen LogP contribution in [-0.4, -0.2) is 35.9 Å². The number of rotatable bonds is 4. The lowest BCUT2D eigenvalue weighted by atomic mass is 10.3. The summed E-state index contributed by atoms with van der Waals surface area (Å²) in [5.41, 5.74) is 4.78. The fourth-order valence-corrected chi connectivity index (χ4v) is 0.662. The van der Waals surface area contributed by atoms with Crippen molar-refractivity contribution in [1.29, 1.82) is 0 Å². The van der Waals surface area contributed by atoms with E-state index in [9.17, 15) is 4.79 Å². The van der Waals surface area contributed by atoms with Gasteiger partial charge in [-0.15, -0.1) is 0 Å². The van der Waals surface area contributed by atoms with Crippen molar-refractivity contribution in [2.75, 3.05) is 19.8 Å². The summed E-state index contributed by atoms with van der Waals surface area (Å²) in [6.45, 7) is 0.185. The van der Waals surface area contributed by atoms with E-state index in [0.717, 1.165) is 0 Å². The summed E-state index contributed by atoms with van der Waals surface area (Å²) in [5.74, 6) is -0.385. The van der Waals surface area contributed by atoms with Crippen LogP contribution in [0.4, 0.5) is 0 Å². The van der Waals surface area contributed by atoms with Gasteiger partial charge in [-0.1, -0.05) is 18.2 Å². The molecule has 0 radical (unpaired) electrons. The molecule has 0 saturated heterocycles. The summed E-state index contributed by atoms with van der Waals surface area (Å²) in [4.78, 5) is 10.0. The second-order valence-electron chi connectivity index (χ2n) is 2.51. The Morgan fingerprint density at radius 1 is 1.33 bits per heavy atom. The summed E-state index contributed by atoms with van der Waals surface area (Å²) in [6.07, 6.45) is 0. The SMILES string of the molecule is NCCO.O=C(O)COc1ccccc1. The average molecular weight is 213 g/mol. The monoisotopic (exact) mass is 213 g/mol. The van der Waals surface area contributed by atoms with E-state index in [1.54, 1.807) is 24.3 Å². The number of hydrogen-bond acceptors (Lipinski definition) is 4. The second kappa shape index (κ2) is 8.98. The van der Waals surface area contributed by atoms with Gasteiger partial charge < -0.3 is 20.7 Å². The molecule has 0 heterocycles. The Morgan fingerprint density at radius 3 is 2.27 bits per heavy atom. The van der Waals surface area contributed by atoms with Gasteiger partial charge in [-0.2, -0.15) is 0 Å². The minimum absolute atomic E-state index is 0.0972. The van der Waals surface area contributed by atoms with Crippen molar-refractivity contribution in [2.24, 2.45) is 5.73 Å². The van der Waals surface area contributed by atoms with Crippen molar-refractivity contribution in [2.45, 2.75) is 0 Å². The zero-order valence-corrected chi connectivity index (χ0v) is 8.30. The summed E-state index contributed by atoms with van der Waals surface area (Å²) in [7, 11) is 0. The van der Waals surface area contributed by atoms with Crippen molar-refractivity contribution in [1.82, 2.24) is 0 Å². The van der Waals surface area contributed by atoms with Crippen LogP contribution in [0.3, 0.4) is 0 Å². The first kappa shape index (κ1) is 13.4. The zero-order valence-electron chi connectivity index (χ0n) is 8.30.